The number of hydrogen-bond acceptors (Lipinski definition) is 5. The molecule has 1 aromatic carbocycles. The van der Waals surface area contributed by atoms with Crippen molar-refractivity contribution >= 4 is 22.0 Å². The Morgan fingerprint density at radius 1 is 1.30 bits per heavy atom. The number of hydrogen-bond donors (Lipinski definition) is 1. The van der Waals surface area contributed by atoms with Gasteiger partial charge in [0.25, 0.3) is 0 Å². The maximum absolute atomic E-state index is 12.9. The first kappa shape index (κ1) is 17.4. The Kier molecular flexibility index (Phi) is 4.76. The second kappa shape index (κ2) is 6.29. The Morgan fingerprint density at radius 2 is 1.96 bits per heavy atom. The van der Waals surface area contributed by atoms with Gasteiger partial charge in [-0.1, -0.05) is 6.07 Å². The van der Waals surface area contributed by atoms with Crippen molar-refractivity contribution in [2.24, 2.45) is 0 Å². The molecule has 0 amide bonds. The van der Waals surface area contributed by atoms with Crippen LogP contribution in [-0.4, -0.2) is 49.5 Å². The van der Waals surface area contributed by atoms with Crippen LogP contribution in [0.1, 0.15) is 34.3 Å². The Labute approximate surface area is 134 Å². The van der Waals surface area contributed by atoms with Gasteiger partial charge in [-0.15, -0.1) is 0 Å². The molecule has 0 radical (unpaired) electrons. The average Bonchev–Trinajstić information content (AvgIpc) is 2.96. The number of nitrogens with zero attached hydrogens (tertiary/aromatic N) is 1. The van der Waals surface area contributed by atoms with Crippen molar-refractivity contribution in [3.8, 4) is 0 Å². The smallest absolute Gasteiger partial charge is 0.336 e. The Bertz CT molecular complexity index is 755. The van der Waals surface area contributed by atoms with E-state index < -0.39 is 28.0 Å². The molecule has 1 atom stereocenters. The number of ether oxygens (including phenoxy) is 1. The summed E-state index contributed by atoms with van der Waals surface area (Å²) < 4.78 is 31.6. The molecule has 1 heterocycles. The van der Waals surface area contributed by atoms with Crippen LogP contribution in [0.5, 0.6) is 0 Å². The van der Waals surface area contributed by atoms with E-state index in [4.69, 9.17) is 0 Å². The van der Waals surface area contributed by atoms with Crippen molar-refractivity contribution in [2.75, 3.05) is 13.7 Å². The quantitative estimate of drug-likeness (QED) is 0.829. The predicted octanol–water partition coefficient (Wildman–Crippen LogP) is 1.33. The fourth-order valence-electron chi connectivity index (χ4n) is 2.96. The second-order valence-corrected chi connectivity index (χ2v) is 7.34. The van der Waals surface area contributed by atoms with Gasteiger partial charge in [-0.2, -0.15) is 4.31 Å². The number of carboxylic acid groups (broad SMARTS) is 1. The van der Waals surface area contributed by atoms with Crippen LogP contribution in [0.25, 0.3) is 0 Å². The molecule has 2 rings (SSSR count). The number of carbonyl (C=O) groups is 2. The topological polar surface area (TPSA) is 101 Å². The highest BCUT2D eigenvalue weighted by atomic mass is 32.2. The van der Waals surface area contributed by atoms with Gasteiger partial charge in [0.2, 0.25) is 10.0 Å². The summed E-state index contributed by atoms with van der Waals surface area (Å²) in [5.41, 5.74) is 0.632. The van der Waals surface area contributed by atoms with E-state index in [1.807, 2.05) is 0 Å². The number of aryl methyl sites for hydroxylation is 1. The third-order valence-electron chi connectivity index (χ3n) is 4.10. The lowest BCUT2D eigenvalue weighted by atomic mass is 10.0. The fraction of sp³-hybridized carbons (Fsp3) is 0.467. The largest absolute Gasteiger partial charge is 0.478 e. The molecular formula is C15H19NO6S. The Balaban J connectivity index is 2.55. The predicted molar refractivity (Wildman–Crippen MR) is 81.8 cm³/mol. The Morgan fingerprint density at radius 3 is 2.52 bits per heavy atom. The molecule has 1 saturated heterocycles. The van der Waals surface area contributed by atoms with Crippen molar-refractivity contribution in [3.05, 3.63) is 28.8 Å². The van der Waals surface area contributed by atoms with Crippen LogP contribution in [0, 0.1) is 13.8 Å². The lowest BCUT2D eigenvalue weighted by Gasteiger charge is -2.23. The number of esters is 1. The van der Waals surface area contributed by atoms with Gasteiger partial charge in [0.1, 0.15) is 6.04 Å². The second-order valence-electron chi connectivity index (χ2n) is 5.48. The molecule has 1 aromatic rings. The van der Waals surface area contributed by atoms with Crippen molar-refractivity contribution in [1.29, 1.82) is 0 Å². The van der Waals surface area contributed by atoms with Crippen LogP contribution in [0.3, 0.4) is 0 Å². The number of rotatable bonds is 4. The molecule has 0 aliphatic carbocycles. The molecule has 23 heavy (non-hydrogen) atoms. The molecule has 1 unspecified atom stereocenters. The van der Waals surface area contributed by atoms with Crippen molar-refractivity contribution in [3.63, 3.8) is 0 Å². The minimum Gasteiger partial charge on any atom is -0.478 e. The molecule has 0 bridgehead atoms. The highest BCUT2D eigenvalue weighted by Crippen LogP contribution is 2.30. The first-order valence-corrected chi connectivity index (χ1v) is 8.59. The van der Waals surface area contributed by atoms with Crippen molar-refractivity contribution < 1.29 is 27.9 Å². The number of carboxylic acids is 1. The molecule has 0 saturated carbocycles. The summed E-state index contributed by atoms with van der Waals surface area (Å²) in [6.45, 7) is 3.28. The minimum atomic E-state index is -3.98. The third-order valence-corrected chi connectivity index (χ3v) is 6.15. The lowest BCUT2D eigenvalue weighted by Crippen LogP contribution is -2.41. The number of benzene rings is 1. The maximum Gasteiger partial charge on any atom is 0.336 e. The van der Waals surface area contributed by atoms with E-state index in [1.165, 1.54) is 26.2 Å². The molecule has 1 N–H and O–H groups in total. The summed E-state index contributed by atoms with van der Waals surface area (Å²) in [6, 6.07) is 1.99. The van der Waals surface area contributed by atoms with Gasteiger partial charge in [-0.3, -0.25) is 4.79 Å². The number of sulfonamides is 1. The zero-order valence-electron chi connectivity index (χ0n) is 13.2. The molecule has 8 heteroatoms. The van der Waals surface area contributed by atoms with Crippen molar-refractivity contribution in [2.45, 2.75) is 37.6 Å². The fourth-order valence-corrected chi connectivity index (χ4v) is 4.84. The molecule has 1 aliphatic rings. The number of carbonyl (C=O) groups excluding carboxylic acids is 1. The standard InChI is InChI=1S/C15H19NO6S/c1-9-6-7-12(10(2)13(9)14(17)18)23(20,21)16-8-4-5-11(16)15(19)22-3/h6-7,11H,4-5,8H2,1-3H3,(H,17,18). The number of methoxy groups -OCH3 is 1. The summed E-state index contributed by atoms with van der Waals surface area (Å²) in [7, 11) is -2.76. The van der Waals surface area contributed by atoms with Gasteiger partial charge in [0.05, 0.1) is 17.6 Å². The zero-order valence-corrected chi connectivity index (χ0v) is 14.0. The SMILES string of the molecule is COC(=O)C1CCCN1S(=O)(=O)c1ccc(C)c(C(=O)O)c1C. The van der Waals surface area contributed by atoms with E-state index in [1.54, 1.807) is 6.92 Å². The van der Waals surface area contributed by atoms with Gasteiger partial charge in [-0.25, -0.2) is 13.2 Å². The molecule has 1 aliphatic heterocycles. The van der Waals surface area contributed by atoms with Crippen LogP contribution >= 0.6 is 0 Å². The van der Waals surface area contributed by atoms with Gasteiger partial charge in [0, 0.05) is 6.54 Å². The lowest BCUT2D eigenvalue weighted by molar-refractivity contribution is -0.144. The summed E-state index contributed by atoms with van der Waals surface area (Å²) in [4.78, 5) is 23.1. The van der Waals surface area contributed by atoms with E-state index in [0.29, 0.717) is 18.4 Å². The van der Waals surface area contributed by atoms with Crippen LogP contribution in [-0.2, 0) is 19.6 Å². The Hall–Kier alpha value is -1.93. The third kappa shape index (κ3) is 2.96. The van der Waals surface area contributed by atoms with Gasteiger partial charge in [-0.05, 0) is 43.9 Å². The maximum atomic E-state index is 12.9. The van der Waals surface area contributed by atoms with E-state index in [-0.39, 0.29) is 22.6 Å². The zero-order chi connectivity index (χ0) is 17.4. The van der Waals surface area contributed by atoms with Gasteiger partial charge < -0.3 is 9.84 Å². The van der Waals surface area contributed by atoms with Crippen LogP contribution in [0.15, 0.2) is 17.0 Å². The van der Waals surface area contributed by atoms with Gasteiger partial charge in [0.15, 0.2) is 0 Å². The van der Waals surface area contributed by atoms with E-state index in [9.17, 15) is 23.1 Å². The van der Waals surface area contributed by atoms with E-state index >= 15 is 0 Å². The first-order valence-electron chi connectivity index (χ1n) is 7.15. The highest BCUT2D eigenvalue weighted by Gasteiger charge is 2.41. The molecule has 1 fully saturated rings. The summed E-state index contributed by atoms with van der Waals surface area (Å²) >= 11 is 0. The molecule has 126 valence electrons. The van der Waals surface area contributed by atoms with Crippen molar-refractivity contribution in [1.82, 2.24) is 4.31 Å². The summed E-state index contributed by atoms with van der Waals surface area (Å²) in [5, 5.41) is 9.30. The number of aromatic carboxylic acids is 1. The highest BCUT2D eigenvalue weighted by molar-refractivity contribution is 7.89. The molecule has 0 aromatic heterocycles. The minimum absolute atomic E-state index is 0.0279. The molecule has 7 nitrogen and oxygen atoms in total. The van der Waals surface area contributed by atoms with E-state index in [0.717, 1.165) is 4.31 Å². The van der Waals surface area contributed by atoms with Crippen LogP contribution in [0.2, 0.25) is 0 Å². The molecule has 0 spiro atoms. The first-order chi connectivity index (χ1) is 10.7. The summed E-state index contributed by atoms with van der Waals surface area (Å²) in [6.07, 6.45) is 0.943. The normalized spacial score (nSPS) is 18.8. The van der Waals surface area contributed by atoms with Gasteiger partial charge >= 0.3 is 11.9 Å². The summed E-state index contributed by atoms with van der Waals surface area (Å²) in [5.74, 6) is -1.78. The van der Waals surface area contributed by atoms with E-state index in [2.05, 4.69) is 4.74 Å². The monoisotopic (exact) mass is 341 g/mol. The van der Waals surface area contributed by atoms with Crippen LogP contribution in [0.4, 0.5) is 0 Å². The molecular weight excluding hydrogens is 322 g/mol. The average molecular weight is 341 g/mol. The van der Waals surface area contributed by atoms with Crippen LogP contribution < -0.4 is 0 Å².